The molecule has 5 nitrogen and oxygen atoms in total. The number of nitrogens with zero attached hydrogens (tertiary/aromatic N) is 2. The van der Waals surface area contributed by atoms with E-state index >= 15 is 0 Å². The first-order valence-corrected chi connectivity index (χ1v) is 9.73. The first-order valence-electron chi connectivity index (χ1n) is 7.41. The van der Waals surface area contributed by atoms with Gasteiger partial charge in [-0.3, -0.25) is 4.79 Å². The summed E-state index contributed by atoms with van der Waals surface area (Å²) >= 11 is 1.23. The predicted octanol–water partition coefficient (Wildman–Crippen LogP) is 1.77. The number of hydrogen-bond acceptors (Lipinski definition) is 4. The quantitative estimate of drug-likeness (QED) is 0.850. The Bertz CT molecular complexity index is 592. The Hall–Kier alpha value is -0.920. The van der Waals surface area contributed by atoms with Gasteiger partial charge in [-0.05, 0) is 37.1 Å². The third-order valence-corrected chi connectivity index (χ3v) is 7.48. The molecule has 1 amide bonds. The molecule has 2 saturated heterocycles. The normalized spacial score (nSPS) is 24.4. The highest BCUT2D eigenvalue weighted by atomic mass is 32.2. The Balaban J connectivity index is 1.72. The Kier molecular flexibility index (Phi) is 4.33. The number of thiophene rings is 1. The zero-order valence-electron chi connectivity index (χ0n) is 11.9. The van der Waals surface area contributed by atoms with Crippen molar-refractivity contribution in [3.05, 3.63) is 17.5 Å². The fraction of sp³-hybridized carbons (Fsp3) is 0.643. The van der Waals surface area contributed by atoms with Crippen molar-refractivity contribution in [2.45, 2.75) is 29.9 Å². The second-order valence-corrected chi connectivity index (χ2v) is 8.78. The summed E-state index contributed by atoms with van der Waals surface area (Å²) in [6.07, 6.45) is 3.69. The van der Waals surface area contributed by atoms with Crippen LogP contribution < -0.4 is 0 Å². The first kappa shape index (κ1) is 15.0. The number of carbonyl (C=O) groups is 1. The second-order valence-electron chi connectivity index (χ2n) is 5.67. The van der Waals surface area contributed by atoms with Crippen molar-refractivity contribution in [1.82, 2.24) is 9.21 Å². The van der Waals surface area contributed by atoms with E-state index in [9.17, 15) is 13.2 Å². The lowest BCUT2D eigenvalue weighted by Crippen LogP contribution is -2.45. The number of hydrogen-bond donors (Lipinski definition) is 0. The second kappa shape index (κ2) is 6.06. The maximum atomic E-state index is 12.5. The Morgan fingerprint density at radius 1 is 1.19 bits per heavy atom. The summed E-state index contributed by atoms with van der Waals surface area (Å²) in [6, 6.07) is 3.38. The minimum absolute atomic E-state index is 0.138. The molecule has 0 radical (unpaired) electrons. The van der Waals surface area contributed by atoms with Gasteiger partial charge >= 0.3 is 0 Å². The average molecular weight is 328 g/mol. The molecule has 2 aliphatic heterocycles. The number of rotatable bonds is 3. The molecule has 0 saturated carbocycles. The molecule has 1 atom stereocenters. The highest BCUT2D eigenvalue weighted by molar-refractivity contribution is 7.91. The summed E-state index contributed by atoms with van der Waals surface area (Å²) in [7, 11) is -3.43. The van der Waals surface area contributed by atoms with Crippen LogP contribution in [0.2, 0.25) is 0 Å². The number of sulfonamides is 1. The van der Waals surface area contributed by atoms with E-state index in [-0.39, 0.29) is 11.8 Å². The van der Waals surface area contributed by atoms with E-state index in [1.165, 1.54) is 15.6 Å². The van der Waals surface area contributed by atoms with E-state index in [0.717, 1.165) is 38.8 Å². The smallest absolute Gasteiger partial charge is 0.252 e. The number of likely N-dealkylation sites (tertiary alicyclic amines) is 1. The fourth-order valence-corrected chi connectivity index (χ4v) is 5.76. The van der Waals surface area contributed by atoms with Crippen LogP contribution in [-0.4, -0.2) is 49.7 Å². The molecule has 7 heteroatoms. The summed E-state index contributed by atoms with van der Waals surface area (Å²) in [5.41, 5.74) is 0. The number of piperidine rings is 1. The average Bonchev–Trinajstić information content (AvgIpc) is 3.19. The molecule has 0 unspecified atom stereocenters. The Morgan fingerprint density at radius 3 is 2.62 bits per heavy atom. The Labute approximate surface area is 129 Å². The van der Waals surface area contributed by atoms with Crippen molar-refractivity contribution in [1.29, 1.82) is 0 Å². The molecule has 0 spiro atoms. The fourth-order valence-electron chi connectivity index (χ4n) is 3.10. The maximum absolute atomic E-state index is 12.5. The largest absolute Gasteiger partial charge is 0.342 e. The summed E-state index contributed by atoms with van der Waals surface area (Å²) in [5, 5.41) is 1.77. The molecule has 2 aliphatic rings. The number of amides is 1. The third kappa shape index (κ3) is 3.00. The third-order valence-electron chi connectivity index (χ3n) is 4.24. The molecule has 116 valence electrons. The van der Waals surface area contributed by atoms with Crippen LogP contribution in [0.1, 0.15) is 25.7 Å². The molecular weight excluding hydrogens is 308 g/mol. The number of carbonyl (C=O) groups excluding carboxylic acids is 1. The zero-order valence-corrected chi connectivity index (χ0v) is 13.5. The van der Waals surface area contributed by atoms with Gasteiger partial charge in [0.2, 0.25) is 5.91 Å². The molecule has 21 heavy (non-hydrogen) atoms. The molecule has 0 bridgehead atoms. The Morgan fingerprint density at radius 2 is 1.95 bits per heavy atom. The van der Waals surface area contributed by atoms with Crippen molar-refractivity contribution in [3.8, 4) is 0 Å². The monoisotopic (exact) mass is 328 g/mol. The van der Waals surface area contributed by atoms with Crippen LogP contribution in [0.5, 0.6) is 0 Å². The van der Waals surface area contributed by atoms with Gasteiger partial charge in [-0.25, -0.2) is 8.42 Å². The van der Waals surface area contributed by atoms with Gasteiger partial charge in [0.25, 0.3) is 10.0 Å². The zero-order chi connectivity index (χ0) is 14.9. The SMILES string of the molecule is O=C([C@H]1CCCN(S(=O)(=O)c2cccs2)C1)N1CCCC1. The van der Waals surface area contributed by atoms with Gasteiger partial charge in [-0.2, -0.15) is 4.31 Å². The van der Waals surface area contributed by atoms with Crippen molar-refractivity contribution in [2.24, 2.45) is 5.92 Å². The summed E-state index contributed by atoms with van der Waals surface area (Å²) in [5.74, 6) is -0.0369. The summed E-state index contributed by atoms with van der Waals surface area (Å²) < 4.78 is 27.0. The molecule has 0 N–H and O–H groups in total. The van der Waals surface area contributed by atoms with Crippen LogP contribution in [0.3, 0.4) is 0 Å². The maximum Gasteiger partial charge on any atom is 0.252 e. The first-order chi connectivity index (χ1) is 10.1. The molecule has 3 rings (SSSR count). The minimum Gasteiger partial charge on any atom is -0.342 e. The van der Waals surface area contributed by atoms with E-state index in [1.807, 2.05) is 4.90 Å². The molecule has 2 fully saturated rings. The van der Waals surface area contributed by atoms with Gasteiger partial charge in [0.15, 0.2) is 0 Å². The molecular formula is C14H20N2O3S2. The predicted molar refractivity (Wildman–Crippen MR) is 81.6 cm³/mol. The van der Waals surface area contributed by atoms with E-state index < -0.39 is 10.0 Å². The molecule has 1 aromatic heterocycles. The van der Waals surface area contributed by atoms with Crippen LogP contribution in [0, 0.1) is 5.92 Å². The van der Waals surface area contributed by atoms with Crippen molar-refractivity contribution < 1.29 is 13.2 Å². The van der Waals surface area contributed by atoms with Crippen molar-refractivity contribution in [2.75, 3.05) is 26.2 Å². The van der Waals surface area contributed by atoms with E-state index in [2.05, 4.69) is 0 Å². The van der Waals surface area contributed by atoms with Crippen molar-refractivity contribution in [3.63, 3.8) is 0 Å². The summed E-state index contributed by atoms with van der Waals surface area (Å²) in [6.45, 7) is 2.50. The lowest BCUT2D eigenvalue weighted by molar-refractivity contribution is -0.135. The lowest BCUT2D eigenvalue weighted by Gasteiger charge is -2.32. The van der Waals surface area contributed by atoms with Crippen molar-refractivity contribution >= 4 is 27.3 Å². The summed E-state index contributed by atoms with van der Waals surface area (Å²) in [4.78, 5) is 14.4. The molecule has 3 heterocycles. The molecule has 0 aromatic carbocycles. The van der Waals surface area contributed by atoms with Gasteiger partial charge in [-0.15, -0.1) is 11.3 Å². The van der Waals surface area contributed by atoms with Gasteiger partial charge in [-0.1, -0.05) is 6.07 Å². The topological polar surface area (TPSA) is 57.7 Å². The van der Waals surface area contributed by atoms with Crippen LogP contribution in [-0.2, 0) is 14.8 Å². The molecule has 0 aliphatic carbocycles. The van der Waals surface area contributed by atoms with E-state index in [1.54, 1.807) is 17.5 Å². The lowest BCUT2D eigenvalue weighted by atomic mass is 9.98. The van der Waals surface area contributed by atoms with Crippen LogP contribution >= 0.6 is 11.3 Å². The van der Waals surface area contributed by atoms with Crippen LogP contribution in [0.4, 0.5) is 0 Å². The van der Waals surface area contributed by atoms with Gasteiger partial charge in [0, 0.05) is 26.2 Å². The molecule has 1 aromatic rings. The highest BCUT2D eigenvalue weighted by Gasteiger charge is 2.35. The minimum atomic E-state index is -3.43. The van der Waals surface area contributed by atoms with Gasteiger partial charge in [0.1, 0.15) is 4.21 Å². The standard InChI is InChI=1S/C14H20N2O3S2/c17-14(15-7-1-2-8-15)12-5-3-9-16(11-12)21(18,19)13-6-4-10-20-13/h4,6,10,12H,1-3,5,7-9,11H2/t12-/m0/s1. The van der Waals surface area contributed by atoms with E-state index in [0.29, 0.717) is 17.3 Å². The van der Waals surface area contributed by atoms with E-state index in [4.69, 9.17) is 0 Å². The van der Waals surface area contributed by atoms with Gasteiger partial charge < -0.3 is 4.90 Å². The van der Waals surface area contributed by atoms with Gasteiger partial charge in [0.05, 0.1) is 5.92 Å². The van der Waals surface area contributed by atoms with Crippen LogP contribution in [0.15, 0.2) is 21.7 Å². The van der Waals surface area contributed by atoms with Crippen LogP contribution in [0.25, 0.3) is 0 Å². The highest BCUT2D eigenvalue weighted by Crippen LogP contribution is 2.27.